The highest BCUT2D eigenvalue weighted by molar-refractivity contribution is 7.97. The molecule has 2 aromatic rings. The Bertz CT molecular complexity index is 566. The van der Waals surface area contributed by atoms with Crippen LogP contribution in [-0.4, -0.2) is 12.6 Å². The van der Waals surface area contributed by atoms with Gasteiger partial charge in [0.15, 0.2) is 0 Å². The first-order valence-corrected chi connectivity index (χ1v) is 7.52. The van der Waals surface area contributed by atoms with Crippen molar-refractivity contribution in [3.05, 3.63) is 47.9 Å². The SMILES string of the molecule is CSCc1ccc(CNc2ccc(OC(F)(F)F)cc2)o1. The molecule has 0 unspecified atom stereocenters. The zero-order valence-corrected chi connectivity index (χ0v) is 12.1. The highest BCUT2D eigenvalue weighted by atomic mass is 32.2. The van der Waals surface area contributed by atoms with E-state index in [4.69, 9.17) is 4.42 Å². The molecule has 0 saturated carbocycles. The number of thioether (sulfide) groups is 1. The van der Waals surface area contributed by atoms with Crippen molar-refractivity contribution in [2.75, 3.05) is 11.6 Å². The van der Waals surface area contributed by atoms with Gasteiger partial charge in [-0.3, -0.25) is 0 Å². The molecule has 7 heteroatoms. The number of rotatable bonds is 6. The van der Waals surface area contributed by atoms with Crippen LogP contribution in [0.25, 0.3) is 0 Å². The van der Waals surface area contributed by atoms with E-state index in [1.165, 1.54) is 24.3 Å². The van der Waals surface area contributed by atoms with E-state index in [1.807, 2.05) is 18.4 Å². The summed E-state index contributed by atoms with van der Waals surface area (Å²) in [5.41, 5.74) is 0.687. The summed E-state index contributed by atoms with van der Waals surface area (Å²) in [4.78, 5) is 0. The smallest absolute Gasteiger partial charge is 0.463 e. The standard InChI is InChI=1S/C14H14F3NO2S/c1-21-9-13-7-6-12(19-13)8-18-10-2-4-11(5-3-10)20-14(15,16)17/h2-7,18H,8-9H2,1H3. The van der Waals surface area contributed by atoms with E-state index >= 15 is 0 Å². The molecule has 1 heterocycles. The molecule has 1 aromatic heterocycles. The van der Waals surface area contributed by atoms with Crippen molar-refractivity contribution in [1.82, 2.24) is 0 Å². The maximum atomic E-state index is 12.0. The number of hydrogen-bond donors (Lipinski definition) is 1. The first-order chi connectivity index (χ1) is 9.96. The first-order valence-electron chi connectivity index (χ1n) is 6.12. The molecule has 0 saturated heterocycles. The third kappa shape index (κ3) is 5.26. The lowest BCUT2D eigenvalue weighted by Gasteiger charge is -2.09. The fourth-order valence-electron chi connectivity index (χ4n) is 1.70. The second-order valence-electron chi connectivity index (χ2n) is 4.23. The number of alkyl halides is 3. The number of ether oxygens (including phenoxy) is 1. The van der Waals surface area contributed by atoms with Gasteiger partial charge < -0.3 is 14.5 Å². The van der Waals surface area contributed by atoms with Crippen LogP contribution in [0.3, 0.4) is 0 Å². The van der Waals surface area contributed by atoms with Crippen molar-refractivity contribution < 1.29 is 22.3 Å². The third-order valence-electron chi connectivity index (χ3n) is 2.56. The summed E-state index contributed by atoms with van der Waals surface area (Å²) in [5, 5.41) is 3.07. The van der Waals surface area contributed by atoms with E-state index in [1.54, 1.807) is 11.8 Å². The summed E-state index contributed by atoms with van der Waals surface area (Å²) in [6, 6.07) is 9.35. The second kappa shape index (κ2) is 6.80. The molecule has 1 aromatic carbocycles. The molecule has 0 atom stereocenters. The lowest BCUT2D eigenvalue weighted by molar-refractivity contribution is -0.274. The molecule has 0 fully saturated rings. The van der Waals surface area contributed by atoms with Gasteiger partial charge in [0.25, 0.3) is 0 Å². The molecule has 0 amide bonds. The van der Waals surface area contributed by atoms with Crippen LogP contribution < -0.4 is 10.1 Å². The molecule has 1 N–H and O–H groups in total. The van der Waals surface area contributed by atoms with Crippen molar-refractivity contribution in [3.8, 4) is 5.75 Å². The lowest BCUT2D eigenvalue weighted by atomic mass is 10.3. The molecule has 3 nitrogen and oxygen atoms in total. The van der Waals surface area contributed by atoms with Crippen LogP contribution in [0.5, 0.6) is 5.75 Å². The van der Waals surface area contributed by atoms with Gasteiger partial charge in [0.1, 0.15) is 17.3 Å². The van der Waals surface area contributed by atoms with Gasteiger partial charge in [0.05, 0.1) is 12.3 Å². The minimum atomic E-state index is -4.67. The predicted octanol–water partition coefficient (Wildman–Crippen LogP) is 4.65. The maximum Gasteiger partial charge on any atom is 0.573 e. The Balaban J connectivity index is 1.88. The molecule has 0 aliphatic rings. The van der Waals surface area contributed by atoms with Crippen LogP contribution in [-0.2, 0) is 12.3 Å². The van der Waals surface area contributed by atoms with Gasteiger partial charge in [-0.2, -0.15) is 11.8 Å². The molecule has 0 radical (unpaired) electrons. The van der Waals surface area contributed by atoms with Gasteiger partial charge in [-0.15, -0.1) is 13.2 Å². The Hall–Kier alpha value is -1.76. The van der Waals surface area contributed by atoms with E-state index in [2.05, 4.69) is 10.1 Å². The van der Waals surface area contributed by atoms with Gasteiger partial charge in [-0.1, -0.05) is 0 Å². The van der Waals surface area contributed by atoms with Crippen molar-refractivity contribution in [2.45, 2.75) is 18.7 Å². The minimum absolute atomic E-state index is 0.242. The van der Waals surface area contributed by atoms with Crippen molar-refractivity contribution >= 4 is 17.4 Å². The maximum absolute atomic E-state index is 12.0. The van der Waals surface area contributed by atoms with Crippen LogP contribution in [0.15, 0.2) is 40.8 Å². The molecule has 0 aliphatic carbocycles. The van der Waals surface area contributed by atoms with E-state index in [-0.39, 0.29) is 5.75 Å². The number of hydrogen-bond acceptors (Lipinski definition) is 4. The Morgan fingerprint density at radius 2 is 1.76 bits per heavy atom. The van der Waals surface area contributed by atoms with Gasteiger partial charge in [-0.25, -0.2) is 0 Å². The van der Waals surface area contributed by atoms with Gasteiger partial charge in [-0.05, 0) is 42.7 Å². The molecule has 0 bridgehead atoms. The number of halogens is 3. The predicted molar refractivity (Wildman–Crippen MR) is 76.4 cm³/mol. The number of furan rings is 1. The van der Waals surface area contributed by atoms with Gasteiger partial charge >= 0.3 is 6.36 Å². The Morgan fingerprint density at radius 1 is 1.10 bits per heavy atom. The van der Waals surface area contributed by atoms with Crippen LogP contribution >= 0.6 is 11.8 Å². The van der Waals surface area contributed by atoms with Crippen molar-refractivity contribution in [2.24, 2.45) is 0 Å². The fraction of sp³-hybridized carbons (Fsp3) is 0.286. The average Bonchev–Trinajstić information content (AvgIpc) is 2.84. The second-order valence-corrected chi connectivity index (χ2v) is 5.09. The Labute approximate surface area is 124 Å². The Morgan fingerprint density at radius 3 is 2.38 bits per heavy atom. The zero-order valence-electron chi connectivity index (χ0n) is 11.2. The molecule has 2 rings (SSSR count). The summed E-state index contributed by atoms with van der Waals surface area (Å²) < 4.78 is 45.5. The fourth-order valence-corrected chi connectivity index (χ4v) is 2.14. The van der Waals surface area contributed by atoms with Crippen molar-refractivity contribution in [3.63, 3.8) is 0 Å². The number of nitrogens with one attached hydrogen (secondary N) is 1. The van der Waals surface area contributed by atoms with Crippen LogP contribution in [0, 0.1) is 0 Å². The van der Waals surface area contributed by atoms with Crippen LogP contribution in [0.1, 0.15) is 11.5 Å². The summed E-state index contributed by atoms with van der Waals surface area (Å²) >= 11 is 1.67. The molecule has 0 aliphatic heterocycles. The third-order valence-corrected chi connectivity index (χ3v) is 3.13. The Kier molecular flexibility index (Phi) is 5.06. The summed E-state index contributed by atoms with van der Waals surface area (Å²) in [5.74, 6) is 2.24. The monoisotopic (exact) mass is 317 g/mol. The lowest BCUT2D eigenvalue weighted by Crippen LogP contribution is -2.17. The van der Waals surface area contributed by atoms with E-state index in [0.29, 0.717) is 12.2 Å². The van der Waals surface area contributed by atoms with Crippen LogP contribution in [0.4, 0.5) is 18.9 Å². The molecule has 21 heavy (non-hydrogen) atoms. The topological polar surface area (TPSA) is 34.4 Å². The molecule has 0 spiro atoms. The highest BCUT2D eigenvalue weighted by Crippen LogP contribution is 2.24. The molecular formula is C14H14F3NO2S. The number of benzene rings is 1. The first kappa shape index (κ1) is 15.6. The zero-order chi connectivity index (χ0) is 15.3. The summed E-state index contributed by atoms with van der Waals surface area (Å²) in [6.45, 7) is 0.466. The normalized spacial score (nSPS) is 11.4. The van der Waals surface area contributed by atoms with Crippen LogP contribution in [0.2, 0.25) is 0 Å². The van der Waals surface area contributed by atoms with Gasteiger partial charge in [0, 0.05) is 5.69 Å². The summed E-state index contributed by atoms with van der Waals surface area (Å²) in [6.07, 6.45) is -2.68. The van der Waals surface area contributed by atoms with Gasteiger partial charge in [0.2, 0.25) is 0 Å². The molecular weight excluding hydrogens is 303 g/mol. The van der Waals surface area contributed by atoms with E-state index in [0.717, 1.165) is 17.3 Å². The highest BCUT2D eigenvalue weighted by Gasteiger charge is 2.30. The average molecular weight is 317 g/mol. The number of anilines is 1. The van der Waals surface area contributed by atoms with Crippen molar-refractivity contribution in [1.29, 1.82) is 0 Å². The minimum Gasteiger partial charge on any atom is -0.463 e. The molecule has 114 valence electrons. The quantitative estimate of drug-likeness (QED) is 0.841. The largest absolute Gasteiger partial charge is 0.573 e. The summed E-state index contributed by atoms with van der Waals surface area (Å²) in [7, 11) is 0. The van der Waals surface area contributed by atoms with E-state index < -0.39 is 6.36 Å². The van der Waals surface area contributed by atoms with E-state index in [9.17, 15) is 13.2 Å².